The van der Waals surface area contributed by atoms with Crippen molar-refractivity contribution in [3.05, 3.63) is 11.5 Å². The molecule has 0 unspecified atom stereocenters. The lowest BCUT2D eigenvalue weighted by molar-refractivity contribution is -0.00423. The van der Waals surface area contributed by atoms with Gasteiger partial charge >= 0.3 is 0 Å². The highest BCUT2D eigenvalue weighted by Crippen LogP contribution is 2.20. The predicted molar refractivity (Wildman–Crippen MR) is 38.3 cm³/mol. The van der Waals surface area contributed by atoms with E-state index in [0.717, 1.165) is 4.91 Å². The Balaban J connectivity index is 2.32. The minimum atomic E-state index is -0.153. The third kappa shape index (κ3) is 1.71. The SMILES string of the molecule is C=C(SC)C1OCCO1. The molecule has 2 nitrogen and oxygen atoms in total. The van der Waals surface area contributed by atoms with Crippen LogP contribution in [0.1, 0.15) is 0 Å². The number of ether oxygens (including phenoxy) is 2. The summed E-state index contributed by atoms with van der Waals surface area (Å²) < 4.78 is 10.3. The summed E-state index contributed by atoms with van der Waals surface area (Å²) in [4.78, 5) is 0.951. The third-order valence-corrected chi connectivity index (χ3v) is 1.86. The van der Waals surface area contributed by atoms with Crippen molar-refractivity contribution in [1.82, 2.24) is 0 Å². The third-order valence-electron chi connectivity index (χ3n) is 1.15. The first-order chi connectivity index (χ1) is 4.34. The molecule has 0 aromatic carbocycles. The van der Waals surface area contributed by atoms with Gasteiger partial charge < -0.3 is 9.47 Å². The second-order valence-corrected chi connectivity index (χ2v) is 2.68. The topological polar surface area (TPSA) is 18.5 Å². The minimum Gasteiger partial charge on any atom is -0.346 e. The van der Waals surface area contributed by atoms with Crippen molar-refractivity contribution < 1.29 is 9.47 Å². The van der Waals surface area contributed by atoms with Gasteiger partial charge in [0.15, 0.2) is 6.29 Å². The van der Waals surface area contributed by atoms with Gasteiger partial charge in [-0.1, -0.05) is 6.58 Å². The fourth-order valence-corrected chi connectivity index (χ4v) is 0.969. The van der Waals surface area contributed by atoms with Gasteiger partial charge in [-0.15, -0.1) is 11.8 Å². The lowest BCUT2D eigenvalue weighted by atomic mass is 10.6. The van der Waals surface area contributed by atoms with E-state index in [2.05, 4.69) is 6.58 Å². The lowest BCUT2D eigenvalue weighted by Gasteiger charge is -2.08. The Morgan fingerprint density at radius 1 is 1.56 bits per heavy atom. The fourth-order valence-electron chi connectivity index (χ4n) is 0.641. The molecular formula is C6H10O2S. The van der Waals surface area contributed by atoms with Gasteiger partial charge in [-0.3, -0.25) is 0 Å². The van der Waals surface area contributed by atoms with E-state index >= 15 is 0 Å². The molecule has 0 spiro atoms. The first-order valence-electron chi connectivity index (χ1n) is 2.80. The number of hydrogen-bond acceptors (Lipinski definition) is 3. The molecule has 0 aromatic rings. The Bertz CT molecular complexity index is 108. The molecule has 9 heavy (non-hydrogen) atoms. The molecular weight excluding hydrogens is 136 g/mol. The fraction of sp³-hybridized carbons (Fsp3) is 0.667. The number of hydrogen-bond donors (Lipinski definition) is 0. The van der Waals surface area contributed by atoms with E-state index in [0.29, 0.717) is 13.2 Å². The smallest absolute Gasteiger partial charge is 0.189 e. The normalized spacial score (nSPS) is 20.6. The van der Waals surface area contributed by atoms with Crippen LogP contribution in [0.4, 0.5) is 0 Å². The van der Waals surface area contributed by atoms with Crippen LogP contribution in [0, 0.1) is 0 Å². The van der Waals surface area contributed by atoms with E-state index in [4.69, 9.17) is 9.47 Å². The summed E-state index contributed by atoms with van der Waals surface area (Å²) in [7, 11) is 0. The highest BCUT2D eigenvalue weighted by molar-refractivity contribution is 8.02. The first-order valence-corrected chi connectivity index (χ1v) is 4.03. The minimum absolute atomic E-state index is 0.153. The van der Waals surface area contributed by atoms with E-state index in [1.165, 1.54) is 0 Å². The molecule has 0 amide bonds. The molecule has 0 aromatic heterocycles. The van der Waals surface area contributed by atoms with Crippen LogP contribution in [0.2, 0.25) is 0 Å². The second-order valence-electron chi connectivity index (χ2n) is 1.74. The maximum Gasteiger partial charge on any atom is 0.189 e. The van der Waals surface area contributed by atoms with E-state index in [9.17, 15) is 0 Å². The number of rotatable bonds is 2. The molecule has 52 valence electrons. The van der Waals surface area contributed by atoms with Crippen LogP contribution in [0.25, 0.3) is 0 Å². The van der Waals surface area contributed by atoms with Gasteiger partial charge in [0.25, 0.3) is 0 Å². The van der Waals surface area contributed by atoms with Crippen LogP contribution in [-0.2, 0) is 9.47 Å². The molecule has 0 radical (unpaired) electrons. The van der Waals surface area contributed by atoms with Crippen molar-refractivity contribution in [2.75, 3.05) is 19.5 Å². The zero-order valence-corrected chi connectivity index (χ0v) is 6.24. The summed E-state index contributed by atoms with van der Waals surface area (Å²) in [6.45, 7) is 5.17. The van der Waals surface area contributed by atoms with Crippen LogP contribution in [-0.4, -0.2) is 25.8 Å². The number of thioether (sulfide) groups is 1. The molecule has 1 rings (SSSR count). The predicted octanol–water partition coefficient (Wildman–Crippen LogP) is 1.24. The molecule has 0 aliphatic carbocycles. The van der Waals surface area contributed by atoms with Crippen LogP contribution in [0.3, 0.4) is 0 Å². The summed E-state index contributed by atoms with van der Waals surface area (Å²) >= 11 is 1.58. The monoisotopic (exact) mass is 146 g/mol. The molecule has 1 aliphatic heterocycles. The molecule has 0 saturated carbocycles. The average molecular weight is 146 g/mol. The average Bonchev–Trinajstić information content (AvgIpc) is 2.37. The molecule has 1 aliphatic rings. The first kappa shape index (κ1) is 7.12. The summed E-state index contributed by atoms with van der Waals surface area (Å²) in [6, 6.07) is 0. The second kappa shape index (κ2) is 3.25. The Kier molecular flexibility index (Phi) is 2.57. The standard InChI is InChI=1S/C6H10O2S/c1-5(9-2)6-7-3-4-8-6/h6H,1,3-4H2,2H3. The van der Waals surface area contributed by atoms with Crippen molar-refractivity contribution in [2.45, 2.75) is 6.29 Å². The van der Waals surface area contributed by atoms with Gasteiger partial charge in [0.1, 0.15) is 0 Å². The largest absolute Gasteiger partial charge is 0.346 e. The maximum atomic E-state index is 5.16. The van der Waals surface area contributed by atoms with Crippen LogP contribution >= 0.6 is 11.8 Å². The summed E-state index contributed by atoms with van der Waals surface area (Å²) in [5.74, 6) is 0. The Morgan fingerprint density at radius 3 is 2.56 bits per heavy atom. The summed E-state index contributed by atoms with van der Waals surface area (Å²) in [6.07, 6.45) is 1.81. The van der Waals surface area contributed by atoms with Crippen molar-refractivity contribution in [3.8, 4) is 0 Å². The molecule has 0 N–H and O–H groups in total. The van der Waals surface area contributed by atoms with Gasteiger partial charge in [-0.05, 0) is 6.26 Å². The quantitative estimate of drug-likeness (QED) is 0.584. The molecule has 0 atom stereocenters. The Morgan fingerprint density at radius 2 is 2.11 bits per heavy atom. The van der Waals surface area contributed by atoms with Crippen LogP contribution in [0.5, 0.6) is 0 Å². The lowest BCUT2D eigenvalue weighted by Crippen LogP contribution is -2.07. The van der Waals surface area contributed by atoms with Crippen LogP contribution < -0.4 is 0 Å². The highest BCUT2D eigenvalue weighted by atomic mass is 32.2. The van der Waals surface area contributed by atoms with Crippen molar-refractivity contribution >= 4 is 11.8 Å². The van der Waals surface area contributed by atoms with Gasteiger partial charge in [0.05, 0.1) is 13.2 Å². The highest BCUT2D eigenvalue weighted by Gasteiger charge is 2.17. The van der Waals surface area contributed by atoms with E-state index in [1.807, 2.05) is 6.26 Å². The molecule has 0 bridgehead atoms. The molecule has 1 heterocycles. The Labute approximate surface area is 59.2 Å². The van der Waals surface area contributed by atoms with Crippen molar-refractivity contribution in [3.63, 3.8) is 0 Å². The van der Waals surface area contributed by atoms with Gasteiger partial charge in [0.2, 0.25) is 0 Å². The summed E-state index contributed by atoms with van der Waals surface area (Å²) in [5.41, 5.74) is 0. The zero-order chi connectivity index (χ0) is 6.69. The maximum absolute atomic E-state index is 5.16. The van der Waals surface area contributed by atoms with Gasteiger partial charge in [-0.25, -0.2) is 0 Å². The molecule has 3 heteroatoms. The van der Waals surface area contributed by atoms with Crippen molar-refractivity contribution in [2.24, 2.45) is 0 Å². The Hall–Kier alpha value is 0.01000. The van der Waals surface area contributed by atoms with E-state index in [1.54, 1.807) is 11.8 Å². The molecule has 1 fully saturated rings. The van der Waals surface area contributed by atoms with Crippen molar-refractivity contribution in [1.29, 1.82) is 0 Å². The van der Waals surface area contributed by atoms with Crippen LogP contribution in [0.15, 0.2) is 11.5 Å². The zero-order valence-electron chi connectivity index (χ0n) is 5.42. The molecule has 1 saturated heterocycles. The van der Waals surface area contributed by atoms with E-state index < -0.39 is 0 Å². The summed E-state index contributed by atoms with van der Waals surface area (Å²) in [5, 5.41) is 0. The van der Waals surface area contributed by atoms with Gasteiger partial charge in [0, 0.05) is 4.91 Å². The van der Waals surface area contributed by atoms with Gasteiger partial charge in [-0.2, -0.15) is 0 Å². The van der Waals surface area contributed by atoms with E-state index in [-0.39, 0.29) is 6.29 Å².